The minimum Gasteiger partial charge on any atom is -1.00 e. The predicted octanol–water partition coefficient (Wildman–Crippen LogP) is 20.0. The van der Waals surface area contributed by atoms with E-state index in [0.717, 1.165) is 70.2 Å². The number of benzene rings is 8. The third-order valence-electron chi connectivity index (χ3n) is 13.8. The molecule has 0 amide bonds. The Morgan fingerprint density at radius 1 is 0.291 bits per heavy atom. The minimum absolute atomic E-state index is 0. The number of rotatable bonds is 8. The van der Waals surface area contributed by atoms with Crippen LogP contribution in [0.3, 0.4) is 0 Å². The summed E-state index contributed by atoms with van der Waals surface area (Å²) in [6.45, 7) is 17.9. The monoisotopic (exact) mass is 1510 g/mol. The first-order valence-corrected chi connectivity index (χ1v) is 43.2. The minimum atomic E-state index is 0. The van der Waals surface area contributed by atoms with Gasteiger partial charge in [0.2, 0.25) is 0 Å². The Labute approximate surface area is 591 Å². The zero-order valence-corrected chi connectivity index (χ0v) is 63.6. The summed E-state index contributed by atoms with van der Waals surface area (Å²) in [6, 6.07) is 66.1. The van der Waals surface area contributed by atoms with E-state index in [9.17, 15) is 0 Å². The summed E-state index contributed by atoms with van der Waals surface area (Å²) in [7, 11) is 0. The molecule has 0 aromatic heterocycles. The van der Waals surface area contributed by atoms with Crippen LogP contribution in [0.15, 0.2) is 194 Å². The second-order valence-electron chi connectivity index (χ2n) is 20.5. The molecule has 0 atom stereocenters. The molecule has 0 aliphatic heterocycles. The number of fused-ring (bicyclic) bond motifs is 4. The van der Waals surface area contributed by atoms with E-state index in [0.29, 0.717) is 40.2 Å². The van der Waals surface area contributed by atoms with Crippen molar-refractivity contribution in [2.24, 2.45) is 0 Å². The van der Waals surface area contributed by atoms with Crippen molar-refractivity contribution in [2.75, 3.05) is 0 Å². The van der Waals surface area contributed by atoms with Gasteiger partial charge in [-0.3, -0.25) is 0 Å². The molecule has 0 fully saturated rings. The van der Waals surface area contributed by atoms with Crippen LogP contribution in [0.2, 0.25) is 66.4 Å². The van der Waals surface area contributed by atoms with E-state index in [1.165, 1.54) is 65.3 Å². The van der Waals surface area contributed by atoms with Crippen molar-refractivity contribution in [3.05, 3.63) is 257 Å². The molecule has 0 heterocycles. The summed E-state index contributed by atoms with van der Waals surface area (Å²) in [5, 5.41) is 14.8. The number of hydrogen-bond acceptors (Lipinski definition) is 0. The van der Waals surface area contributed by atoms with E-state index in [1.807, 2.05) is 72.8 Å². The summed E-state index contributed by atoms with van der Waals surface area (Å²) >= 11 is 53.3. The zero-order chi connectivity index (χ0) is 60.8. The normalized spacial score (nSPS) is 10.5. The molecule has 0 spiro atoms. The maximum atomic E-state index is 6.34. The van der Waals surface area contributed by atoms with Gasteiger partial charge in [0.05, 0.1) is 40.2 Å². The third kappa shape index (κ3) is 19.2. The van der Waals surface area contributed by atoms with E-state index >= 15 is 0 Å². The molecule has 0 aliphatic rings. The number of hydrogen-bond donors (Lipinski definition) is 0. The van der Waals surface area contributed by atoms with Crippen LogP contribution in [0.25, 0.3) is 87.6 Å². The Balaban J connectivity index is 0.000000199. The molecule has 0 aliphatic carbocycles. The van der Waals surface area contributed by atoms with E-state index < -0.39 is 0 Å². The van der Waals surface area contributed by atoms with Gasteiger partial charge in [-0.1, -0.05) is 216 Å². The summed E-state index contributed by atoms with van der Waals surface area (Å²) in [4.78, 5) is 0. The molecule has 0 saturated heterocycles. The van der Waals surface area contributed by atoms with Crippen LogP contribution >= 0.6 is 92.8 Å². The maximum absolute atomic E-state index is 6.34. The molecular formula is C72H64Cl10Si2Zr2-2. The van der Waals surface area contributed by atoms with Crippen LogP contribution in [0, 0.1) is 0 Å². The molecule has 0 nitrogen and oxygen atoms in total. The van der Waals surface area contributed by atoms with Gasteiger partial charge >= 0.3 is 83.7 Å². The first kappa shape index (κ1) is 74.0. The molecule has 86 heavy (non-hydrogen) atoms. The van der Waals surface area contributed by atoms with Crippen LogP contribution in [0.1, 0.15) is 49.9 Å². The molecular weight excluding hydrogens is 1460 g/mol. The van der Waals surface area contributed by atoms with Gasteiger partial charge in [0.25, 0.3) is 0 Å². The Morgan fingerprint density at radius 3 is 0.628 bits per heavy atom. The smallest absolute Gasteiger partial charge is 1.00 e. The summed E-state index contributed by atoms with van der Waals surface area (Å²) < 4.78 is 0. The van der Waals surface area contributed by atoms with Gasteiger partial charge < -0.3 is 24.8 Å². The quantitative estimate of drug-likeness (QED) is 0.105. The predicted molar refractivity (Wildman–Crippen MR) is 372 cm³/mol. The topological polar surface area (TPSA) is 0 Å². The Bertz CT molecular complexity index is 3700. The molecule has 12 aromatic rings. The molecule has 0 unspecified atom stereocenters. The van der Waals surface area contributed by atoms with E-state index in [1.54, 1.807) is 46.7 Å². The SMILES string of the molecule is CCc1cc2c(-c3cccc(Cl)c3Cl)cccc2[cH-]1.CCc1cc2c(-c3cccc(Cl)c3Cl)cccc2[cH-]1.CCc1cc2c(-c3cccc(Cl)c3Cl)cccc2[cH-]1.CCc1cc2c(-c3cccc(Cl)c3Cl)cccc2[cH-]1.C[Si](C)=[Zr+2].C[Si](C)=[Zr+2].[Cl-].[Cl-]. The van der Waals surface area contributed by atoms with Crippen molar-refractivity contribution in [3.8, 4) is 44.5 Å². The van der Waals surface area contributed by atoms with Crippen molar-refractivity contribution in [2.45, 2.75) is 79.6 Å². The van der Waals surface area contributed by atoms with Gasteiger partial charge in [-0.05, 0) is 72.2 Å². The van der Waals surface area contributed by atoms with Gasteiger partial charge in [-0.2, -0.15) is 24.3 Å². The standard InChI is InChI=1S/4C17H13Cl2.2C2H6Si.2ClH.2Zr/c4*1-2-11-9-12-5-3-6-13(15(12)10-11)14-7-4-8-16(18)17(14)19;2*1-3-2;;;;/h4*3-10H,2H2,1H3;2*1-2H3;2*1H;;/q4*-1;;;;;2*+2/p-2. The maximum Gasteiger partial charge on any atom is -1.00 e. The molecule has 0 N–H and O–H groups in total. The summed E-state index contributed by atoms with van der Waals surface area (Å²) in [6.07, 6.45) is 4.16. The van der Waals surface area contributed by atoms with Crippen molar-refractivity contribution in [3.63, 3.8) is 0 Å². The van der Waals surface area contributed by atoms with Gasteiger partial charge in [0.1, 0.15) is 0 Å². The summed E-state index contributed by atoms with van der Waals surface area (Å²) in [5.74, 6) is 0. The van der Waals surface area contributed by atoms with Crippen LogP contribution in [0.4, 0.5) is 0 Å². The molecule has 0 saturated carbocycles. The zero-order valence-electron chi connectivity index (χ0n) is 49.1. The van der Waals surface area contributed by atoms with Crippen molar-refractivity contribution >= 4 is 147 Å². The fraction of sp³-hybridized carbons (Fsp3) is 0.167. The van der Waals surface area contributed by atoms with Crippen LogP contribution in [-0.4, -0.2) is 10.9 Å². The first-order valence-electron chi connectivity index (χ1n) is 27.8. The van der Waals surface area contributed by atoms with Gasteiger partial charge in [-0.25, -0.2) is 0 Å². The Morgan fingerprint density at radius 2 is 0.453 bits per heavy atom. The fourth-order valence-corrected chi connectivity index (χ4v) is 11.4. The average Bonchev–Trinajstić information content (AvgIpc) is 2.55. The molecule has 0 radical (unpaired) electrons. The van der Waals surface area contributed by atoms with Gasteiger partial charge in [0.15, 0.2) is 0 Å². The second-order valence-corrected chi connectivity index (χ2v) is 42.4. The van der Waals surface area contributed by atoms with E-state index in [-0.39, 0.29) is 35.7 Å². The van der Waals surface area contributed by atoms with E-state index in [2.05, 4.69) is 175 Å². The van der Waals surface area contributed by atoms with Gasteiger partial charge in [-0.15, -0.1) is 138 Å². The summed E-state index contributed by atoms with van der Waals surface area (Å²) in [5.41, 5.74) is 14.4. The van der Waals surface area contributed by atoms with Crippen molar-refractivity contribution in [1.29, 1.82) is 0 Å². The van der Waals surface area contributed by atoms with Crippen LogP contribution in [-0.2, 0) is 72.4 Å². The largest absolute Gasteiger partial charge is 1.00 e. The Kier molecular flexibility index (Phi) is 30.8. The average molecular weight is 1520 g/mol. The van der Waals surface area contributed by atoms with Crippen molar-refractivity contribution in [1.82, 2.24) is 0 Å². The molecule has 440 valence electrons. The first-order chi connectivity index (χ1) is 40.3. The Hall–Kier alpha value is -2.70. The molecule has 12 aromatic carbocycles. The molecule has 12 rings (SSSR count). The van der Waals surface area contributed by atoms with Gasteiger partial charge in [0, 0.05) is 0 Å². The fourth-order valence-electron chi connectivity index (χ4n) is 9.79. The third-order valence-corrected chi connectivity index (χ3v) is 17.1. The van der Waals surface area contributed by atoms with Crippen molar-refractivity contribution < 1.29 is 71.5 Å². The van der Waals surface area contributed by atoms with E-state index in [4.69, 9.17) is 92.8 Å². The van der Waals surface area contributed by atoms with Crippen LogP contribution < -0.4 is 24.8 Å². The molecule has 14 heteroatoms. The van der Waals surface area contributed by atoms with Crippen LogP contribution in [0.5, 0.6) is 0 Å². The number of aryl methyl sites for hydroxylation is 4. The molecule has 0 bridgehead atoms. The number of halogens is 10. The second kappa shape index (κ2) is 35.8.